The lowest BCUT2D eigenvalue weighted by molar-refractivity contribution is -0.140. The summed E-state index contributed by atoms with van der Waals surface area (Å²) >= 11 is 3.40. The van der Waals surface area contributed by atoms with E-state index < -0.39 is 17.7 Å². The second kappa shape index (κ2) is 10.1. The Labute approximate surface area is 190 Å². The number of methoxy groups -OCH3 is 1. The first-order valence-corrected chi connectivity index (χ1v) is 11.0. The number of pyridine rings is 1. The van der Waals surface area contributed by atoms with Crippen LogP contribution in [0.3, 0.4) is 0 Å². The topological polar surface area (TPSA) is 83.0 Å². The predicted molar refractivity (Wildman–Crippen MR) is 122 cm³/mol. The summed E-state index contributed by atoms with van der Waals surface area (Å²) < 4.78 is 5.88. The molecule has 164 valence electrons. The van der Waals surface area contributed by atoms with Gasteiger partial charge in [-0.25, -0.2) is 0 Å². The SMILES string of the molecule is CCN(CC)CCN1C(=O)C(=O)/C(=C(\O)c2ccc(OC)c(Br)c2)C1c1ccncc1. The molecule has 2 heterocycles. The van der Waals surface area contributed by atoms with Gasteiger partial charge in [0, 0.05) is 31.0 Å². The number of halogens is 1. The van der Waals surface area contributed by atoms with Gasteiger partial charge in [0.05, 0.1) is 23.2 Å². The number of hydrogen-bond acceptors (Lipinski definition) is 6. The Hall–Kier alpha value is -2.71. The van der Waals surface area contributed by atoms with E-state index in [1.165, 1.54) is 0 Å². The van der Waals surface area contributed by atoms with E-state index in [4.69, 9.17) is 4.74 Å². The third kappa shape index (κ3) is 4.65. The minimum absolute atomic E-state index is 0.0767. The number of nitrogens with zero attached hydrogens (tertiary/aromatic N) is 3. The molecule has 1 N–H and O–H groups in total. The van der Waals surface area contributed by atoms with Crippen LogP contribution < -0.4 is 4.74 Å². The maximum atomic E-state index is 13.0. The Morgan fingerprint density at radius 3 is 2.45 bits per heavy atom. The molecule has 1 aliphatic rings. The monoisotopic (exact) mass is 487 g/mol. The zero-order chi connectivity index (χ0) is 22.5. The summed E-state index contributed by atoms with van der Waals surface area (Å²) in [5.41, 5.74) is 1.23. The van der Waals surface area contributed by atoms with Crippen LogP contribution in [0.2, 0.25) is 0 Å². The fourth-order valence-corrected chi connectivity index (χ4v) is 4.30. The molecule has 3 rings (SSSR count). The third-order valence-electron chi connectivity index (χ3n) is 5.54. The number of aromatic nitrogens is 1. The number of carbonyl (C=O) groups excluding carboxylic acids is 2. The number of benzene rings is 1. The van der Waals surface area contributed by atoms with Gasteiger partial charge in [-0.2, -0.15) is 0 Å². The molecule has 7 nitrogen and oxygen atoms in total. The molecule has 1 aliphatic heterocycles. The van der Waals surface area contributed by atoms with Crippen molar-refractivity contribution in [3.63, 3.8) is 0 Å². The van der Waals surface area contributed by atoms with Crippen molar-refractivity contribution in [2.75, 3.05) is 33.3 Å². The lowest BCUT2D eigenvalue weighted by Gasteiger charge is -2.28. The van der Waals surface area contributed by atoms with Crippen molar-refractivity contribution < 1.29 is 19.4 Å². The number of Topliss-reactive ketones (excluding diaryl/α,β-unsaturated/α-hetero) is 1. The van der Waals surface area contributed by atoms with Crippen molar-refractivity contribution in [2.24, 2.45) is 0 Å². The largest absolute Gasteiger partial charge is 0.507 e. The normalized spacial score (nSPS) is 18.1. The van der Waals surface area contributed by atoms with Crippen LogP contribution in [0.25, 0.3) is 5.76 Å². The first-order chi connectivity index (χ1) is 14.9. The van der Waals surface area contributed by atoms with Gasteiger partial charge >= 0.3 is 0 Å². The van der Waals surface area contributed by atoms with Crippen molar-refractivity contribution in [3.8, 4) is 5.75 Å². The van der Waals surface area contributed by atoms with E-state index in [1.54, 1.807) is 54.7 Å². The van der Waals surface area contributed by atoms with Crippen LogP contribution in [0, 0.1) is 0 Å². The molecule has 1 aromatic carbocycles. The molecule has 0 spiro atoms. The highest BCUT2D eigenvalue weighted by atomic mass is 79.9. The molecule has 0 aliphatic carbocycles. The first kappa shape index (κ1) is 23.0. The Morgan fingerprint density at radius 1 is 1.19 bits per heavy atom. The molecule has 1 unspecified atom stereocenters. The van der Waals surface area contributed by atoms with Crippen LogP contribution in [0.4, 0.5) is 0 Å². The number of hydrogen-bond donors (Lipinski definition) is 1. The smallest absolute Gasteiger partial charge is 0.295 e. The molecule has 1 fully saturated rings. The van der Waals surface area contributed by atoms with Crippen LogP contribution >= 0.6 is 15.9 Å². The highest BCUT2D eigenvalue weighted by Gasteiger charge is 2.46. The van der Waals surface area contributed by atoms with E-state index in [0.717, 1.165) is 18.7 Å². The van der Waals surface area contributed by atoms with E-state index >= 15 is 0 Å². The van der Waals surface area contributed by atoms with Gasteiger partial charge in [0.2, 0.25) is 0 Å². The summed E-state index contributed by atoms with van der Waals surface area (Å²) in [5.74, 6) is -0.912. The number of ketones is 1. The van der Waals surface area contributed by atoms with Gasteiger partial charge in [-0.1, -0.05) is 13.8 Å². The molecule has 1 atom stereocenters. The highest BCUT2D eigenvalue weighted by molar-refractivity contribution is 9.10. The number of rotatable bonds is 8. The summed E-state index contributed by atoms with van der Waals surface area (Å²) in [5, 5.41) is 11.1. The van der Waals surface area contributed by atoms with Crippen molar-refractivity contribution in [3.05, 3.63) is 63.9 Å². The minimum atomic E-state index is -0.689. The van der Waals surface area contributed by atoms with E-state index in [9.17, 15) is 14.7 Å². The summed E-state index contributed by atoms with van der Waals surface area (Å²) in [6, 6.07) is 7.86. The van der Waals surface area contributed by atoms with Gasteiger partial charge in [-0.05, 0) is 64.9 Å². The number of amides is 1. The Bertz CT molecular complexity index is 990. The van der Waals surface area contributed by atoms with Gasteiger partial charge in [-0.15, -0.1) is 0 Å². The average Bonchev–Trinajstić information content (AvgIpc) is 3.04. The number of likely N-dealkylation sites (N-methyl/N-ethyl adjacent to an activating group) is 1. The van der Waals surface area contributed by atoms with Gasteiger partial charge in [0.25, 0.3) is 11.7 Å². The van der Waals surface area contributed by atoms with Crippen molar-refractivity contribution in [1.82, 2.24) is 14.8 Å². The third-order valence-corrected chi connectivity index (χ3v) is 6.16. The van der Waals surface area contributed by atoms with E-state index in [1.807, 2.05) is 0 Å². The maximum Gasteiger partial charge on any atom is 0.295 e. The summed E-state index contributed by atoms with van der Waals surface area (Å²) in [7, 11) is 1.55. The minimum Gasteiger partial charge on any atom is -0.507 e. The van der Waals surface area contributed by atoms with E-state index in [-0.39, 0.29) is 11.3 Å². The van der Waals surface area contributed by atoms with Crippen LogP contribution in [-0.4, -0.2) is 64.9 Å². The molecule has 1 aromatic heterocycles. The zero-order valence-electron chi connectivity index (χ0n) is 17.8. The van der Waals surface area contributed by atoms with Crippen molar-refractivity contribution >= 4 is 33.4 Å². The number of likely N-dealkylation sites (tertiary alicyclic amines) is 1. The predicted octanol–water partition coefficient (Wildman–Crippen LogP) is 3.62. The molecule has 31 heavy (non-hydrogen) atoms. The molecule has 0 bridgehead atoms. The van der Waals surface area contributed by atoms with Crippen molar-refractivity contribution in [1.29, 1.82) is 0 Å². The van der Waals surface area contributed by atoms with E-state index in [0.29, 0.717) is 28.9 Å². The summed E-state index contributed by atoms with van der Waals surface area (Å²) in [4.78, 5) is 33.8. The molecule has 0 radical (unpaired) electrons. The van der Waals surface area contributed by atoms with Crippen LogP contribution in [0.15, 0.2) is 52.8 Å². The van der Waals surface area contributed by atoms with Crippen LogP contribution in [-0.2, 0) is 9.59 Å². The van der Waals surface area contributed by atoms with Gasteiger partial charge < -0.3 is 19.6 Å². The molecular weight excluding hydrogens is 462 g/mol. The molecule has 1 saturated heterocycles. The summed E-state index contributed by atoms with van der Waals surface area (Å²) in [6.45, 7) is 6.82. The lowest BCUT2D eigenvalue weighted by atomic mass is 9.96. The Kier molecular flexibility index (Phi) is 7.46. The average molecular weight is 488 g/mol. The van der Waals surface area contributed by atoms with Gasteiger partial charge in [0.1, 0.15) is 11.5 Å². The molecule has 8 heteroatoms. The second-order valence-corrected chi connectivity index (χ2v) is 8.00. The molecule has 0 saturated carbocycles. The fourth-order valence-electron chi connectivity index (χ4n) is 3.76. The molecule has 2 aromatic rings. The quantitative estimate of drug-likeness (QED) is 0.347. The lowest BCUT2D eigenvalue weighted by Crippen LogP contribution is -2.38. The standard InChI is InChI=1S/C23H26BrN3O4/c1-4-26(5-2)12-13-27-20(15-8-10-25-11-9-15)19(22(29)23(27)30)21(28)16-6-7-18(31-3)17(24)14-16/h6-11,14,20,28H,4-5,12-13H2,1-3H3/b21-19-. The summed E-state index contributed by atoms with van der Waals surface area (Å²) in [6.07, 6.45) is 3.23. The van der Waals surface area contributed by atoms with Gasteiger partial charge in [-0.3, -0.25) is 14.6 Å². The highest BCUT2D eigenvalue weighted by Crippen LogP contribution is 2.40. The first-order valence-electron chi connectivity index (χ1n) is 10.2. The van der Waals surface area contributed by atoms with Crippen LogP contribution in [0.1, 0.15) is 31.0 Å². The Balaban J connectivity index is 2.08. The van der Waals surface area contributed by atoms with Gasteiger partial charge in [0.15, 0.2) is 0 Å². The second-order valence-electron chi connectivity index (χ2n) is 7.15. The van der Waals surface area contributed by atoms with Crippen LogP contribution in [0.5, 0.6) is 5.75 Å². The molecule has 1 amide bonds. The molecular formula is C23H26BrN3O4. The Morgan fingerprint density at radius 2 is 1.87 bits per heavy atom. The number of aliphatic hydroxyl groups is 1. The number of aliphatic hydroxyl groups excluding tert-OH is 1. The number of carbonyl (C=O) groups is 2. The zero-order valence-corrected chi connectivity index (χ0v) is 19.4. The fraction of sp³-hybridized carbons (Fsp3) is 0.348. The van der Waals surface area contributed by atoms with Crippen molar-refractivity contribution in [2.45, 2.75) is 19.9 Å². The maximum absolute atomic E-state index is 13.0. The number of ether oxygens (including phenoxy) is 1. The van der Waals surface area contributed by atoms with E-state index in [2.05, 4.69) is 39.7 Å².